The maximum Gasteiger partial charge on any atom is 0.322 e. The van der Waals surface area contributed by atoms with Crippen molar-refractivity contribution in [3.8, 4) is 6.01 Å². The monoisotopic (exact) mass is 385 g/mol. The van der Waals surface area contributed by atoms with Crippen LogP contribution in [0.1, 0.15) is 33.3 Å². The zero-order valence-electron chi connectivity index (χ0n) is 16.6. The topological polar surface area (TPSA) is 91.3 Å². The van der Waals surface area contributed by atoms with Crippen LogP contribution in [0, 0.1) is 5.82 Å². The molecule has 0 saturated carbocycles. The molecule has 0 fully saturated rings. The van der Waals surface area contributed by atoms with Crippen molar-refractivity contribution in [2.24, 2.45) is 5.10 Å². The first-order valence-corrected chi connectivity index (χ1v) is 9.03. The van der Waals surface area contributed by atoms with Crippen LogP contribution in [-0.4, -0.2) is 45.3 Å². The number of aromatic nitrogens is 4. The van der Waals surface area contributed by atoms with Crippen molar-refractivity contribution in [1.29, 1.82) is 0 Å². The average molecular weight is 385 g/mol. The van der Waals surface area contributed by atoms with Crippen LogP contribution >= 0.6 is 0 Å². The van der Waals surface area contributed by atoms with Gasteiger partial charge in [-0.3, -0.25) is 0 Å². The number of hydrogen-bond acceptors (Lipinski definition) is 7. The first-order valence-electron chi connectivity index (χ1n) is 9.03. The lowest BCUT2D eigenvalue weighted by Crippen LogP contribution is -2.38. The molecule has 8 nitrogen and oxygen atoms in total. The summed E-state index contributed by atoms with van der Waals surface area (Å²) in [5, 5.41) is 4.93. The summed E-state index contributed by atoms with van der Waals surface area (Å²) >= 11 is 0. The van der Waals surface area contributed by atoms with Crippen molar-refractivity contribution < 1.29 is 9.13 Å². The van der Waals surface area contributed by atoms with Gasteiger partial charge in [-0.1, -0.05) is 0 Å². The summed E-state index contributed by atoms with van der Waals surface area (Å²) in [6.45, 7) is 8.27. The van der Waals surface area contributed by atoms with Crippen molar-refractivity contribution in [1.82, 2.24) is 19.9 Å². The van der Waals surface area contributed by atoms with E-state index < -0.39 is 0 Å². The molecule has 0 unspecified atom stereocenters. The summed E-state index contributed by atoms with van der Waals surface area (Å²) in [5.41, 5.74) is 4.38. The Morgan fingerprint density at radius 3 is 2.61 bits per heavy atom. The number of aromatic amines is 1. The molecule has 0 aliphatic carbocycles. The minimum absolute atomic E-state index is 0.197. The molecule has 2 aromatic heterocycles. The minimum Gasteiger partial charge on any atom is -0.467 e. The summed E-state index contributed by atoms with van der Waals surface area (Å²) in [6.07, 6.45) is 3.34. The van der Waals surface area contributed by atoms with E-state index in [0.29, 0.717) is 5.95 Å². The molecule has 3 rings (SSSR count). The third-order valence-corrected chi connectivity index (χ3v) is 4.17. The van der Waals surface area contributed by atoms with Gasteiger partial charge in [0.05, 0.1) is 13.3 Å². The van der Waals surface area contributed by atoms with Crippen molar-refractivity contribution in [2.75, 3.05) is 17.4 Å². The van der Waals surface area contributed by atoms with Crippen molar-refractivity contribution >= 4 is 29.0 Å². The molecule has 1 aromatic carbocycles. The van der Waals surface area contributed by atoms with E-state index in [0.717, 1.165) is 16.5 Å². The lowest BCUT2D eigenvalue weighted by molar-refractivity contribution is 0.377. The van der Waals surface area contributed by atoms with Gasteiger partial charge in [0.15, 0.2) is 0 Å². The maximum absolute atomic E-state index is 13.5. The van der Waals surface area contributed by atoms with Crippen LogP contribution in [0.15, 0.2) is 29.5 Å². The van der Waals surface area contributed by atoms with Gasteiger partial charge in [0.25, 0.3) is 5.95 Å². The van der Waals surface area contributed by atoms with E-state index in [1.165, 1.54) is 19.2 Å². The van der Waals surface area contributed by atoms with E-state index in [2.05, 4.69) is 63.1 Å². The molecule has 0 aliphatic heterocycles. The minimum atomic E-state index is -0.302. The molecule has 0 aliphatic rings. The van der Waals surface area contributed by atoms with Crippen LogP contribution in [0.3, 0.4) is 0 Å². The third-order valence-electron chi connectivity index (χ3n) is 4.17. The number of hydrazone groups is 1. The van der Waals surface area contributed by atoms with E-state index in [9.17, 15) is 4.39 Å². The largest absolute Gasteiger partial charge is 0.467 e. The summed E-state index contributed by atoms with van der Waals surface area (Å²) < 4.78 is 18.7. The first-order chi connectivity index (χ1) is 13.4. The third kappa shape index (κ3) is 4.19. The molecule has 2 heterocycles. The predicted octanol–water partition coefficient (Wildman–Crippen LogP) is 3.57. The summed E-state index contributed by atoms with van der Waals surface area (Å²) in [6, 6.07) is 5.15. The number of fused-ring (bicyclic) bond motifs is 1. The maximum atomic E-state index is 13.5. The van der Waals surface area contributed by atoms with E-state index in [-0.39, 0.29) is 29.9 Å². The fourth-order valence-electron chi connectivity index (χ4n) is 3.04. The highest BCUT2D eigenvalue weighted by Crippen LogP contribution is 2.20. The van der Waals surface area contributed by atoms with Crippen LogP contribution in [0.25, 0.3) is 10.9 Å². The van der Waals surface area contributed by atoms with E-state index in [1.54, 1.807) is 18.5 Å². The highest BCUT2D eigenvalue weighted by Gasteiger charge is 2.19. The lowest BCUT2D eigenvalue weighted by Gasteiger charge is -2.30. The Morgan fingerprint density at radius 1 is 1.18 bits per heavy atom. The SMILES string of the molecule is COc1nc(N/N=C\c2c[nH]c3ccc(F)cc23)nc(N(C(C)C)C(C)C)n1. The van der Waals surface area contributed by atoms with Gasteiger partial charge in [-0.25, -0.2) is 9.82 Å². The van der Waals surface area contributed by atoms with Gasteiger partial charge < -0.3 is 14.6 Å². The van der Waals surface area contributed by atoms with E-state index in [4.69, 9.17) is 4.74 Å². The number of hydrogen-bond donors (Lipinski definition) is 2. The van der Waals surface area contributed by atoms with Gasteiger partial charge in [-0.2, -0.15) is 20.1 Å². The number of H-pyrrole nitrogens is 1. The second-order valence-electron chi connectivity index (χ2n) is 6.84. The number of benzene rings is 1. The number of ether oxygens (including phenoxy) is 1. The molecular weight excluding hydrogens is 361 g/mol. The Hall–Kier alpha value is -3.23. The summed E-state index contributed by atoms with van der Waals surface area (Å²) in [5.74, 6) is 0.461. The zero-order chi connectivity index (χ0) is 20.3. The number of nitrogens with one attached hydrogen (secondary N) is 2. The normalized spacial score (nSPS) is 11.7. The number of nitrogens with zero attached hydrogens (tertiary/aromatic N) is 5. The smallest absolute Gasteiger partial charge is 0.322 e. The Labute approximate surface area is 162 Å². The molecule has 0 radical (unpaired) electrons. The predicted molar refractivity (Wildman–Crippen MR) is 109 cm³/mol. The van der Waals surface area contributed by atoms with Crippen molar-refractivity contribution in [2.45, 2.75) is 39.8 Å². The molecule has 3 aromatic rings. The molecular formula is C19H24FN7O. The second-order valence-corrected chi connectivity index (χ2v) is 6.84. The molecule has 9 heteroatoms. The van der Waals surface area contributed by atoms with Crippen LogP contribution in [0.5, 0.6) is 6.01 Å². The molecule has 0 saturated heterocycles. The summed E-state index contributed by atoms with van der Waals surface area (Å²) in [7, 11) is 1.50. The van der Waals surface area contributed by atoms with Gasteiger partial charge in [0.2, 0.25) is 5.95 Å². The zero-order valence-corrected chi connectivity index (χ0v) is 16.6. The molecule has 0 bridgehead atoms. The quantitative estimate of drug-likeness (QED) is 0.477. The number of halogens is 1. The van der Waals surface area contributed by atoms with Crippen LogP contribution < -0.4 is 15.1 Å². The summed E-state index contributed by atoms with van der Waals surface area (Å²) in [4.78, 5) is 18.1. The molecule has 0 amide bonds. The van der Waals surface area contributed by atoms with Gasteiger partial charge in [0, 0.05) is 34.7 Å². The number of rotatable bonds is 7. The average Bonchev–Trinajstić information content (AvgIpc) is 3.03. The van der Waals surface area contributed by atoms with Crippen molar-refractivity contribution in [3.63, 3.8) is 0 Å². The van der Waals surface area contributed by atoms with E-state index >= 15 is 0 Å². The van der Waals surface area contributed by atoms with Gasteiger partial charge in [-0.15, -0.1) is 0 Å². The van der Waals surface area contributed by atoms with Gasteiger partial charge in [0.1, 0.15) is 5.82 Å². The lowest BCUT2D eigenvalue weighted by atomic mass is 10.2. The molecule has 28 heavy (non-hydrogen) atoms. The second kappa shape index (κ2) is 8.20. The Bertz CT molecular complexity index is 976. The molecule has 2 N–H and O–H groups in total. The van der Waals surface area contributed by atoms with Crippen molar-refractivity contribution in [3.05, 3.63) is 35.8 Å². The number of anilines is 2. The first kappa shape index (κ1) is 19.5. The van der Waals surface area contributed by atoms with Gasteiger partial charge in [-0.05, 0) is 45.9 Å². The fourth-order valence-corrected chi connectivity index (χ4v) is 3.04. The van der Waals surface area contributed by atoms with Crippen LogP contribution in [0.2, 0.25) is 0 Å². The Kier molecular flexibility index (Phi) is 5.72. The Balaban J connectivity index is 1.86. The molecule has 148 valence electrons. The van der Waals surface area contributed by atoms with E-state index in [1.807, 2.05) is 0 Å². The molecule has 0 atom stereocenters. The highest BCUT2D eigenvalue weighted by atomic mass is 19.1. The fraction of sp³-hybridized carbons (Fsp3) is 0.368. The highest BCUT2D eigenvalue weighted by molar-refractivity contribution is 5.99. The molecule has 0 spiro atoms. The standard InChI is InChI=1S/C19H24FN7O/c1-11(2)27(12(3)4)18-23-17(24-19(25-18)28-5)26-22-10-13-9-21-16-7-6-14(20)8-15(13)16/h6-12,21H,1-5H3,(H,23,24,25,26)/b22-10-. The van der Waals surface area contributed by atoms with Crippen LogP contribution in [-0.2, 0) is 0 Å². The van der Waals surface area contributed by atoms with Crippen LogP contribution in [0.4, 0.5) is 16.3 Å². The number of methoxy groups -OCH3 is 1. The Morgan fingerprint density at radius 2 is 1.93 bits per heavy atom. The van der Waals surface area contributed by atoms with Gasteiger partial charge >= 0.3 is 6.01 Å².